The second-order valence-corrected chi connectivity index (χ2v) is 8.29. The SMILES string of the molecule is O=C(CSc1nc2ccccc2s1)NN=Cc1ccc(-c2ccc([N+](=O)[O-])cc2)o1. The van der Waals surface area contributed by atoms with Crippen LogP contribution >= 0.6 is 23.1 Å². The number of carbonyl (C=O) groups is 1. The van der Waals surface area contributed by atoms with Gasteiger partial charge in [-0.2, -0.15) is 5.10 Å². The highest BCUT2D eigenvalue weighted by Gasteiger charge is 2.09. The summed E-state index contributed by atoms with van der Waals surface area (Å²) in [6, 6.07) is 17.3. The second kappa shape index (κ2) is 8.89. The van der Waals surface area contributed by atoms with Crippen LogP contribution in [0.15, 0.2) is 74.5 Å². The fourth-order valence-corrected chi connectivity index (χ4v) is 4.43. The third kappa shape index (κ3) is 4.73. The maximum atomic E-state index is 12.0. The summed E-state index contributed by atoms with van der Waals surface area (Å²) < 4.78 is 7.54. The van der Waals surface area contributed by atoms with Crippen LogP contribution in [0.5, 0.6) is 0 Å². The Morgan fingerprint density at radius 2 is 2.00 bits per heavy atom. The number of rotatable bonds is 7. The molecule has 0 spiro atoms. The van der Waals surface area contributed by atoms with Gasteiger partial charge in [0.2, 0.25) is 0 Å². The van der Waals surface area contributed by atoms with Gasteiger partial charge in [-0.15, -0.1) is 11.3 Å². The average Bonchev–Trinajstić information content (AvgIpc) is 3.39. The van der Waals surface area contributed by atoms with E-state index < -0.39 is 4.92 Å². The minimum Gasteiger partial charge on any atom is -0.455 e. The minimum absolute atomic E-state index is 0.0125. The number of thioether (sulfide) groups is 1. The smallest absolute Gasteiger partial charge is 0.269 e. The van der Waals surface area contributed by atoms with Gasteiger partial charge in [0.05, 0.1) is 27.1 Å². The molecular formula is C20H14N4O4S2. The van der Waals surface area contributed by atoms with E-state index in [2.05, 4.69) is 15.5 Å². The standard InChI is InChI=1S/C20H14N4O4S2/c25-19(12-29-20-22-16-3-1-2-4-18(16)30-20)23-21-11-15-9-10-17(28-15)13-5-7-14(8-6-13)24(26)27/h1-11H,12H2,(H,23,25). The lowest BCUT2D eigenvalue weighted by atomic mass is 10.1. The summed E-state index contributed by atoms with van der Waals surface area (Å²) in [4.78, 5) is 26.7. The molecule has 1 N–H and O–H groups in total. The van der Waals surface area contributed by atoms with Crippen molar-refractivity contribution in [3.8, 4) is 11.3 Å². The second-order valence-electron chi connectivity index (χ2n) is 6.04. The van der Waals surface area contributed by atoms with Crippen molar-refractivity contribution in [2.24, 2.45) is 5.10 Å². The Balaban J connectivity index is 1.29. The molecule has 0 aliphatic rings. The van der Waals surface area contributed by atoms with Crippen molar-refractivity contribution in [2.75, 3.05) is 5.75 Å². The van der Waals surface area contributed by atoms with Crippen LogP contribution in [0.4, 0.5) is 5.69 Å². The summed E-state index contributed by atoms with van der Waals surface area (Å²) >= 11 is 2.90. The van der Waals surface area contributed by atoms with E-state index in [9.17, 15) is 14.9 Å². The van der Waals surface area contributed by atoms with E-state index in [4.69, 9.17) is 4.42 Å². The number of thiazole rings is 1. The summed E-state index contributed by atoms with van der Waals surface area (Å²) in [5.74, 6) is 0.938. The molecule has 0 aliphatic carbocycles. The first-order valence-electron chi connectivity index (χ1n) is 8.73. The topological polar surface area (TPSA) is 111 Å². The van der Waals surface area contributed by atoms with Gasteiger partial charge in [-0.3, -0.25) is 14.9 Å². The number of nitrogens with one attached hydrogen (secondary N) is 1. The van der Waals surface area contributed by atoms with Gasteiger partial charge in [0.15, 0.2) is 4.34 Å². The summed E-state index contributed by atoms with van der Waals surface area (Å²) in [6.45, 7) is 0. The van der Waals surface area contributed by atoms with Crippen molar-refractivity contribution < 1.29 is 14.1 Å². The number of furan rings is 1. The number of amides is 1. The predicted molar refractivity (Wildman–Crippen MR) is 117 cm³/mol. The summed E-state index contributed by atoms with van der Waals surface area (Å²) in [5, 5.41) is 14.6. The van der Waals surface area contributed by atoms with Crippen LogP contribution in [-0.4, -0.2) is 27.8 Å². The van der Waals surface area contributed by atoms with Gasteiger partial charge < -0.3 is 4.42 Å². The molecule has 0 bridgehead atoms. The zero-order valence-corrected chi connectivity index (χ0v) is 17.0. The van der Waals surface area contributed by atoms with Gasteiger partial charge in [-0.25, -0.2) is 10.4 Å². The van der Waals surface area contributed by atoms with Crippen molar-refractivity contribution in [1.82, 2.24) is 10.4 Å². The van der Waals surface area contributed by atoms with Crippen molar-refractivity contribution in [1.29, 1.82) is 0 Å². The Labute approximate surface area is 178 Å². The highest BCUT2D eigenvalue weighted by molar-refractivity contribution is 8.01. The number of fused-ring (bicyclic) bond motifs is 1. The van der Waals surface area contributed by atoms with Crippen LogP contribution in [0.3, 0.4) is 0 Å². The third-order valence-corrected chi connectivity index (χ3v) is 6.15. The van der Waals surface area contributed by atoms with Crippen molar-refractivity contribution in [3.05, 3.63) is 76.5 Å². The van der Waals surface area contributed by atoms with Gasteiger partial charge in [0.25, 0.3) is 11.6 Å². The van der Waals surface area contributed by atoms with Crippen LogP contribution in [0.25, 0.3) is 21.5 Å². The van der Waals surface area contributed by atoms with E-state index in [0.717, 1.165) is 14.6 Å². The monoisotopic (exact) mass is 438 g/mol. The lowest BCUT2D eigenvalue weighted by Crippen LogP contribution is -2.19. The maximum absolute atomic E-state index is 12.0. The molecule has 0 aliphatic heterocycles. The minimum atomic E-state index is -0.457. The molecule has 2 aromatic heterocycles. The van der Waals surface area contributed by atoms with E-state index >= 15 is 0 Å². The largest absolute Gasteiger partial charge is 0.455 e. The number of nitro benzene ring substituents is 1. The highest BCUT2D eigenvalue weighted by Crippen LogP contribution is 2.29. The number of para-hydroxylation sites is 1. The Hall–Kier alpha value is -3.50. The lowest BCUT2D eigenvalue weighted by Gasteiger charge is -1.97. The fourth-order valence-electron chi connectivity index (χ4n) is 2.57. The predicted octanol–water partition coefficient (Wildman–Crippen LogP) is 4.71. The Morgan fingerprint density at radius 1 is 1.20 bits per heavy atom. The number of aromatic nitrogens is 1. The fraction of sp³-hybridized carbons (Fsp3) is 0.0500. The molecule has 2 heterocycles. The summed E-state index contributed by atoms with van der Waals surface area (Å²) in [6.07, 6.45) is 1.40. The van der Waals surface area contributed by atoms with Crippen LogP contribution in [0, 0.1) is 10.1 Å². The van der Waals surface area contributed by atoms with Crippen LogP contribution in [0.1, 0.15) is 5.76 Å². The van der Waals surface area contributed by atoms with E-state index in [1.54, 1.807) is 35.6 Å². The van der Waals surface area contributed by atoms with E-state index in [1.807, 2.05) is 24.3 Å². The van der Waals surface area contributed by atoms with Gasteiger partial charge >= 0.3 is 0 Å². The van der Waals surface area contributed by atoms with Crippen molar-refractivity contribution in [2.45, 2.75) is 4.34 Å². The first-order chi connectivity index (χ1) is 14.6. The molecule has 0 radical (unpaired) electrons. The summed E-state index contributed by atoms with van der Waals surface area (Å²) in [7, 11) is 0. The summed E-state index contributed by atoms with van der Waals surface area (Å²) in [5.41, 5.74) is 4.09. The molecule has 8 nitrogen and oxygen atoms in total. The normalized spacial score (nSPS) is 11.2. The molecule has 4 rings (SSSR count). The molecule has 0 atom stereocenters. The number of benzene rings is 2. The molecule has 2 aromatic carbocycles. The number of nitrogens with zero attached hydrogens (tertiary/aromatic N) is 3. The maximum Gasteiger partial charge on any atom is 0.269 e. The zero-order chi connectivity index (χ0) is 20.9. The first kappa shape index (κ1) is 19.8. The molecule has 1 amide bonds. The number of hydrogen-bond donors (Lipinski definition) is 1. The quantitative estimate of drug-likeness (QED) is 0.194. The molecule has 0 unspecified atom stereocenters. The highest BCUT2D eigenvalue weighted by atomic mass is 32.2. The van der Waals surface area contributed by atoms with E-state index in [-0.39, 0.29) is 17.3 Å². The van der Waals surface area contributed by atoms with Gasteiger partial charge in [0.1, 0.15) is 11.5 Å². The van der Waals surface area contributed by atoms with Crippen LogP contribution in [-0.2, 0) is 4.79 Å². The first-order valence-corrected chi connectivity index (χ1v) is 10.5. The Morgan fingerprint density at radius 3 is 2.77 bits per heavy atom. The van der Waals surface area contributed by atoms with Crippen molar-refractivity contribution >= 4 is 51.1 Å². The van der Waals surface area contributed by atoms with E-state index in [0.29, 0.717) is 17.1 Å². The van der Waals surface area contributed by atoms with Crippen LogP contribution < -0.4 is 5.43 Å². The molecule has 0 fully saturated rings. The van der Waals surface area contributed by atoms with E-state index in [1.165, 1.54) is 30.1 Å². The number of non-ortho nitro benzene ring substituents is 1. The number of carbonyl (C=O) groups excluding carboxylic acids is 1. The third-order valence-electron chi connectivity index (χ3n) is 3.97. The van der Waals surface area contributed by atoms with Gasteiger partial charge in [0, 0.05) is 17.7 Å². The Kier molecular flexibility index (Phi) is 5.87. The lowest BCUT2D eigenvalue weighted by molar-refractivity contribution is -0.384. The number of hydrazone groups is 1. The average molecular weight is 438 g/mol. The molecule has 0 saturated heterocycles. The number of nitro groups is 1. The molecule has 30 heavy (non-hydrogen) atoms. The molecule has 4 aromatic rings. The Bertz CT molecular complexity index is 1200. The van der Waals surface area contributed by atoms with Crippen molar-refractivity contribution in [3.63, 3.8) is 0 Å². The number of hydrogen-bond acceptors (Lipinski definition) is 8. The van der Waals surface area contributed by atoms with Gasteiger partial charge in [-0.1, -0.05) is 23.9 Å². The van der Waals surface area contributed by atoms with Crippen LogP contribution in [0.2, 0.25) is 0 Å². The zero-order valence-electron chi connectivity index (χ0n) is 15.3. The molecule has 150 valence electrons. The molecular weight excluding hydrogens is 424 g/mol. The molecule has 0 saturated carbocycles. The molecule has 10 heteroatoms. The van der Waals surface area contributed by atoms with Gasteiger partial charge in [-0.05, 0) is 36.4 Å².